The summed E-state index contributed by atoms with van der Waals surface area (Å²) >= 11 is 3.20. The SMILES string of the molecule is I[I-]C1CCC2(CC2)C1. The third-order valence-electron chi connectivity index (χ3n) is 2.72. The molecule has 0 amide bonds. The maximum absolute atomic E-state index is 2.64. The van der Waals surface area contributed by atoms with E-state index in [-0.39, 0.29) is 0 Å². The first-order valence-electron chi connectivity index (χ1n) is 3.59. The predicted molar refractivity (Wildman–Crippen MR) is 43.3 cm³/mol. The molecular formula is C7H11I2-. The fourth-order valence-electron chi connectivity index (χ4n) is 1.84. The molecule has 1 unspecified atom stereocenters. The second-order valence-electron chi connectivity index (χ2n) is 3.42. The third kappa shape index (κ3) is 1.39. The van der Waals surface area contributed by atoms with Gasteiger partial charge in [0.25, 0.3) is 0 Å². The summed E-state index contributed by atoms with van der Waals surface area (Å²) in [6.45, 7) is 0. The van der Waals surface area contributed by atoms with E-state index in [1.54, 1.807) is 32.1 Å². The van der Waals surface area contributed by atoms with Gasteiger partial charge in [-0.05, 0) is 0 Å². The first-order chi connectivity index (χ1) is 4.35. The van der Waals surface area contributed by atoms with Crippen LogP contribution in [0.5, 0.6) is 0 Å². The zero-order valence-corrected chi connectivity index (χ0v) is 9.68. The van der Waals surface area contributed by atoms with Crippen LogP contribution < -0.4 is 17.2 Å². The van der Waals surface area contributed by atoms with E-state index in [1.165, 1.54) is 3.92 Å². The van der Waals surface area contributed by atoms with Gasteiger partial charge in [0, 0.05) is 0 Å². The maximum atomic E-state index is 2.64. The number of hydrogen-bond acceptors (Lipinski definition) is 0. The minimum atomic E-state index is 0.554. The molecule has 0 nitrogen and oxygen atoms in total. The molecule has 9 heavy (non-hydrogen) atoms. The van der Waals surface area contributed by atoms with Gasteiger partial charge in [0.05, 0.1) is 0 Å². The van der Waals surface area contributed by atoms with Crippen molar-refractivity contribution in [3.63, 3.8) is 0 Å². The number of rotatable bonds is 1. The Labute approximate surface area is 76.6 Å². The first-order valence-corrected chi connectivity index (χ1v) is 11.1. The van der Waals surface area contributed by atoms with Crippen LogP contribution in [-0.2, 0) is 0 Å². The van der Waals surface area contributed by atoms with Gasteiger partial charge in [0.2, 0.25) is 0 Å². The molecule has 0 aromatic carbocycles. The van der Waals surface area contributed by atoms with Crippen molar-refractivity contribution in [2.45, 2.75) is 36.0 Å². The van der Waals surface area contributed by atoms with Gasteiger partial charge in [-0.25, -0.2) is 0 Å². The van der Waals surface area contributed by atoms with E-state index in [0.29, 0.717) is 17.2 Å². The van der Waals surface area contributed by atoms with Gasteiger partial charge in [-0.1, -0.05) is 0 Å². The Balaban J connectivity index is 1.93. The zero-order chi connectivity index (χ0) is 6.32. The summed E-state index contributed by atoms with van der Waals surface area (Å²) < 4.78 is 1.20. The molecule has 1 atom stereocenters. The summed E-state index contributed by atoms with van der Waals surface area (Å²) in [5.41, 5.74) is 0.940. The van der Waals surface area contributed by atoms with E-state index in [2.05, 4.69) is 18.6 Å². The monoisotopic (exact) mass is 349 g/mol. The Bertz CT molecular complexity index is 118. The summed E-state index contributed by atoms with van der Waals surface area (Å²) in [5.74, 6) is 0. The van der Waals surface area contributed by atoms with Crippen LogP contribution in [0.4, 0.5) is 0 Å². The van der Waals surface area contributed by atoms with Gasteiger partial charge in [-0.2, -0.15) is 0 Å². The molecule has 0 aliphatic heterocycles. The summed E-state index contributed by atoms with van der Waals surface area (Å²) in [4.78, 5) is 0. The van der Waals surface area contributed by atoms with Crippen LogP contribution in [0.15, 0.2) is 0 Å². The fraction of sp³-hybridized carbons (Fsp3) is 1.00. The molecule has 0 N–H and O–H groups in total. The van der Waals surface area contributed by atoms with E-state index < -0.39 is 0 Å². The minimum absolute atomic E-state index is 0.554. The van der Waals surface area contributed by atoms with Crippen LogP contribution in [0, 0.1) is 5.41 Å². The van der Waals surface area contributed by atoms with E-state index in [0.717, 1.165) is 5.41 Å². The molecule has 2 saturated carbocycles. The van der Waals surface area contributed by atoms with Crippen molar-refractivity contribution in [3.05, 3.63) is 0 Å². The molecule has 54 valence electrons. The standard InChI is InChI=1S/C7H11I2/c8-9-6-1-2-7(5-6)3-4-7/h6H,1-5H2/q-1. The Kier molecular flexibility index (Phi) is 1.98. The van der Waals surface area contributed by atoms with Crippen molar-refractivity contribution in [1.29, 1.82) is 0 Å². The average molecular weight is 349 g/mol. The molecule has 0 aromatic rings. The molecule has 0 heterocycles. The van der Waals surface area contributed by atoms with Crippen LogP contribution in [0.3, 0.4) is 0 Å². The Hall–Kier alpha value is 1.46. The van der Waals surface area contributed by atoms with Gasteiger partial charge < -0.3 is 0 Å². The van der Waals surface area contributed by atoms with Crippen molar-refractivity contribution in [1.82, 2.24) is 0 Å². The molecule has 2 fully saturated rings. The average Bonchev–Trinajstić information content (AvgIpc) is 2.44. The van der Waals surface area contributed by atoms with Crippen molar-refractivity contribution < 1.29 is 17.2 Å². The molecule has 0 radical (unpaired) electrons. The van der Waals surface area contributed by atoms with Gasteiger partial charge in [-0.3, -0.25) is 0 Å². The van der Waals surface area contributed by atoms with Crippen LogP contribution in [0.1, 0.15) is 32.1 Å². The molecule has 2 rings (SSSR count). The number of alkyl halides is 1. The summed E-state index contributed by atoms with van der Waals surface area (Å²) in [7, 11) is 0. The third-order valence-corrected chi connectivity index (χ3v) is 8.91. The summed E-state index contributed by atoms with van der Waals surface area (Å²) in [5, 5.41) is 0. The molecule has 2 aliphatic carbocycles. The van der Waals surface area contributed by atoms with Gasteiger partial charge in [0.1, 0.15) is 0 Å². The molecular weight excluding hydrogens is 338 g/mol. The molecule has 0 bridgehead atoms. The molecule has 2 heteroatoms. The quantitative estimate of drug-likeness (QED) is 0.453. The van der Waals surface area contributed by atoms with E-state index >= 15 is 0 Å². The predicted octanol–water partition coefficient (Wildman–Crippen LogP) is -0.242. The van der Waals surface area contributed by atoms with Gasteiger partial charge in [0.15, 0.2) is 0 Å². The molecule has 0 saturated heterocycles. The fourth-order valence-corrected chi connectivity index (χ4v) is 6.18. The number of halogens is 2. The van der Waals surface area contributed by atoms with Crippen LogP contribution >= 0.6 is 18.6 Å². The normalized spacial score (nSPS) is 38.1. The molecule has 2 aliphatic rings. The molecule has 0 aromatic heterocycles. The van der Waals surface area contributed by atoms with Crippen molar-refractivity contribution in [2.75, 3.05) is 0 Å². The van der Waals surface area contributed by atoms with Crippen molar-refractivity contribution >= 4 is 18.6 Å². The molecule has 1 spiro atoms. The first kappa shape index (κ1) is 7.13. The van der Waals surface area contributed by atoms with Gasteiger partial charge >= 0.3 is 77.3 Å². The van der Waals surface area contributed by atoms with Crippen LogP contribution in [-0.4, -0.2) is 3.92 Å². The Morgan fingerprint density at radius 1 is 1.33 bits per heavy atom. The zero-order valence-electron chi connectivity index (χ0n) is 5.37. The Morgan fingerprint density at radius 3 is 2.44 bits per heavy atom. The van der Waals surface area contributed by atoms with Crippen LogP contribution in [0.25, 0.3) is 0 Å². The van der Waals surface area contributed by atoms with E-state index in [4.69, 9.17) is 0 Å². The van der Waals surface area contributed by atoms with Crippen LogP contribution in [0.2, 0.25) is 0 Å². The summed E-state index contributed by atoms with van der Waals surface area (Å²) in [6, 6.07) is 0. The van der Waals surface area contributed by atoms with Crippen molar-refractivity contribution in [2.24, 2.45) is 5.41 Å². The second-order valence-corrected chi connectivity index (χ2v) is 8.81. The van der Waals surface area contributed by atoms with Crippen molar-refractivity contribution in [3.8, 4) is 0 Å². The second kappa shape index (κ2) is 2.50. The number of hydrogen-bond donors (Lipinski definition) is 0. The van der Waals surface area contributed by atoms with E-state index in [1.807, 2.05) is 0 Å². The Morgan fingerprint density at radius 2 is 2.11 bits per heavy atom. The van der Waals surface area contributed by atoms with Gasteiger partial charge in [-0.15, -0.1) is 0 Å². The summed E-state index contributed by atoms with van der Waals surface area (Å²) in [6.07, 6.45) is 7.92. The topological polar surface area (TPSA) is 0 Å². The van der Waals surface area contributed by atoms with E-state index in [9.17, 15) is 0 Å².